The van der Waals surface area contributed by atoms with E-state index in [2.05, 4.69) is 15.5 Å². The smallest absolute Gasteiger partial charge is 0.264 e. The van der Waals surface area contributed by atoms with Crippen LogP contribution >= 0.6 is 12.2 Å². The second-order valence-electron chi connectivity index (χ2n) is 7.07. The lowest BCUT2D eigenvalue weighted by molar-refractivity contribution is -0.129. The largest absolute Gasteiger partial charge is 0.483 e. The summed E-state index contributed by atoms with van der Waals surface area (Å²) in [6.45, 7) is 6.23. The summed E-state index contributed by atoms with van der Waals surface area (Å²) in [4.78, 5) is 27.8. The maximum atomic E-state index is 12.2. The molecule has 0 radical (unpaired) electrons. The number of amides is 2. The Morgan fingerprint density at radius 2 is 1.70 bits per heavy atom. The van der Waals surface area contributed by atoms with Crippen molar-refractivity contribution in [3.8, 4) is 5.75 Å². The van der Waals surface area contributed by atoms with Crippen molar-refractivity contribution in [2.45, 2.75) is 13.8 Å². The molecule has 2 N–H and O–H groups in total. The number of nitrogens with one attached hydrogen (secondary N) is 2. The molecule has 0 atom stereocenters. The maximum Gasteiger partial charge on any atom is 0.264 e. The number of para-hydroxylation sites is 3. The van der Waals surface area contributed by atoms with Gasteiger partial charge < -0.3 is 19.9 Å². The van der Waals surface area contributed by atoms with Crippen LogP contribution in [0.3, 0.4) is 0 Å². The number of carbonyl (C=O) groups excluding carboxylic acids is 2. The van der Waals surface area contributed by atoms with Crippen LogP contribution in [0, 0.1) is 6.92 Å². The van der Waals surface area contributed by atoms with Crippen molar-refractivity contribution < 1.29 is 14.3 Å². The van der Waals surface area contributed by atoms with Gasteiger partial charge in [-0.1, -0.05) is 30.3 Å². The van der Waals surface area contributed by atoms with Crippen LogP contribution in [0.2, 0.25) is 0 Å². The molecule has 158 valence electrons. The highest BCUT2D eigenvalue weighted by atomic mass is 32.1. The number of ether oxygens (including phenoxy) is 1. The van der Waals surface area contributed by atoms with E-state index in [0.717, 1.165) is 30.0 Å². The molecule has 0 aromatic heterocycles. The summed E-state index contributed by atoms with van der Waals surface area (Å²) < 4.78 is 5.56. The molecule has 1 aliphatic rings. The Bertz CT molecular complexity index is 926. The number of benzene rings is 2. The maximum absolute atomic E-state index is 12.2. The molecule has 30 heavy (non-hydrogen) atoms. The zero-order valence-corrected chi connectivity index (χ0v) is 18.0. The summed E-state index contributed by atoms with van der Waals surface area (Å²) >= 11 is 5.31. The number of piperazine rings is 1. The Morgan fingerprint density at radius 1 is 1.03 bits per heavy atom. The predicted octanol–water partition coefficient (Wildman–Crippen LogP) is 2.56. The zero-order valence-electron chi connectivity index (χ0n) is 17.2. The number of hydrogen-bond acceptors (Lipinski definition) is 5. The fourth-order valence-corrected chi connectivity index (χ4v) is 3.52. The predicted molar refractivity (Wildman–Crippen MR) is 122 cm³/mol. The van der Waals surface area contributed by atoms with Crippen LogP contribution in [0.4, 0.5) is 11.4 Å². The van der Waals surface area contributed by atoms with Gasteiger partial charge >= 0.3 is 0 Å². The quantitative estimate of drug-likeness (QED) is 0.716. The topological polar surface area (TPSA) is 73.9 Å². The van der Waals surface area contributed by atoms with Crippen molar-refractivity contribution in [3.05, 3.63) is 54.1 Å². The Morgan fingerprint density at radius 3 is 2.40 bits per heavy atom. The average Bonchev–Trinajstić information content (AvgIpc) is 2.73. The molecule has 2 aromatic rings. The summed E-state index contributed by atoms with van der Waals surface area (Å²) in [5, 5.41) is 5.97. The van der Waals surface area contributed by atoms with Crippen LogP contribution in [-0.4, -0.2) is 54.6 Å². The van der Waals surface area contributed by atoms with Crippen molar-refractivity contribution >= 4 is 40.5 Å². The van der Waals surface area contributed by atoms with Gasteiger partial charge in [0.1, 0.15) is 5.75 Å². The highest BCUT2D eigenvalue weighted by molar-refractivity contribution is 7.80. The van der Waals surface area contributed by atoms with E-state index in [1.165, 1.54) is 0 Å². The van der Waals surface area contributed by atoms with Crippen LogP contribution in [0.5, 0.6) is 5.75 Å². The molecule has 0 unspecified atom stereocenters. The summed E-state index contributed by atoms with van der Waals surface area (Å²) in [7, 11) is 0. The fourth-order valence-electron chi connectivity index (χ4n) is 3.30. The second-order valence-corrected chi connectivity index (χ2v) is 7.47. The third-order valence-electron chi connectivity index (χ3n) is 4.92. The fraction of sp³-hybridized carbons (Fsp3) is 0.318. The molecule has 8 heteroatoms. The highest BCUT2D eigenvalue weighted by Gasteiger charge is 2.20. The van der Waals surface area contributed by atoms with Gasteiger partial charge in [0.2, 0.25) is 5.91 Å². The number of hydrogen-bond donors (Lipinski definition) is 2. The molecular weight excluding hydrogens is 400 g/mol. The molecule has 0 aliphatic carbocycles. The first-order chi connectivity index (χ1) is 14.4. The van der Waals surface area contributed by atoms with Crippen LogP contribution < -0.4 is 20.3 Å². The zero-order chi connectivity index (χ0) is 21.5. The third-order valence-corrected chi connectivity index (χ3v) is 5.13. The molecule has 2 aromatic carbocycles. The minimum absolute atomic E-state index is 0.0952. The Balaban J connectivity index is 1.55. The lowest BCUT2D eigenvalue weighted by atomic mass is 10.2. The summed E-state index contributed by atoms with van der Waals surface area (Å²) in [6.07, 6.45) is 0. The number of nitrogens with zero attached hydrogens (tertiary/aromatic N) is 2. The first-order valence-corrected chi connectivity index (χ1v) is 10.2. The molecule has 0 saturated carbocycles. The summed E-state index contributed by atoms with van der Waals surface area (Å²) in [5.74, 6) is 0.433. The van der Waals surface area contributed by atoms with E-state index in [1.54, 1.807) is 6.92 Å². The van der Waals surface area contributed by atoms with E-state index in [-0.39, 0.29) is 23.5 Å². The molecule has 0 bridgehead atoms. The SMILES string of the molecule is CC(=O)N1CCN(c2ccccc2NC(=S)NC(=O)COc2ccccc2C)CC1. The standard InChI is InChI=1S/C22H26N4O3S/c1-16-7-3-6-10-20(16)29-15-21(28)24-22(30)23-18-8-4-5-9-19(18)26-13-11-25(12-14-26)17(2)27/h3-10H,11-15H2,1-2H3,(H2,23,24,28,30). The van der Waals surface area contributed by atoms with Gasteiger partial charge in [0.25, 0.3) is 5.91 Å². The second kappa shape index (κ2) is 10.1. The molecule has 1 aliphatic heterocycles. The number of carbonyl (C=O) groups is 2. The molecule has 1 fully saturated rings. The molecule has 0 spiro atoms. The van der Waals surface area contributed by atoms with Gasteiger partial charge in [-0.3, -0.25) is 14.9 Å². The van der Waals surface area contributed by atoms with Gasteiger partial charge in [0, 0.05) is 33.1 Å². The van der Waals surface area contributed by atoms with Crippen LogP contribution in [0.1, 0.15) is 12.5 Å². The molecule has 7 nitrogen and oxygen atoms in total. The first-order valence-electron chi connectivity index (χ1n) is 9.83. The normalized spacial score (nSPS) is 13.5. The van der Waals surface area contributed by atoms with Gasteiger partial charge in [-0.15, -0.1) is 0 Å². The Hall–Kier alpha value is -3.13. The lowest BCUT2D eigenvalue weighted by Gasteiger charge is -2.36. The van der Waals surface area contributed by atoms with Crippen molar-refractivity contribution in [1.82, 2.24) is 10.2 Å². The number of anilines is 2. The molecule has 1 heterocycles. The monoisotopic (exact) mass is 426 g/mol. The van der Waals surface area contributed by atoms with Gasteiger partial charge in [-0.25, -0.2) is 0 Å². The first kappa shape index (κ1) is 21.6. The molecular formula is C22H26N4O3S. The van der Waals surface area contributed by atoms with Gasteiger partial charge in [-0.05, 0) is 42.9 Å². The van der Waals surface area contributed by atoms with Gasteiger partial charge in [0.15, 0.2) is 11.7 Å². The number of aryl methyl sites for hydroxylation is 1. The van der Waals surface area contributed by atoms with Crippen LogP contribution in [0.25, 0.3) is 0 Å². The van der Waals surface area contributed by atoms with Crippen molar-refractivity contribution in [2.24, 2.45) is 0 Å². The Labute approximate surface area is 182 Å². The van der Waals surface area contributed by atoms with Gasteiger partial charge in [0.05, 0.1) is 11.4 Å². The van der Waals surface area contributed by atoms with E-state index in [0.29, 0.717) is 18.8 Å². The van der Waals surface area contributed by atoms with Crippen molar-refractivity contribution in [1.29, 1.82) is 0 Å². The van der Waals surface area contributed by atoms with Crippen LogP contribution in [-0.2, 0) is 9.59 Å². The summed E-state index contributed by atoms with van der Waals surface area (Å²) in [6, 6.07) is 15.3. The van der Waals surface area contributed by atoms with Crippen LogP contribution in [0.15, 0.2) is 48.5 Å². The van der Waals surface area contributed by atoms with Gasteiger partial charge in [-0.2, -0.15) is 0 Å². The minimum atomic E-state index is -0.330. The molecule has 1 saturated heterocycles. The molecule has 2 amide bonds. The lowest BCUT2D eigenvalue weighted by Crippen LogP contribution is -2.48. The number of thiocarbonyl (C=S) groups is 1. The van der Waals surface area contributed by atoms with Crippen molar-refractivity contribution in [2.75, 3.05) is 43.0 Å². The number of rotatable bonds is 5. The highest BCUT2D eigenvalue weighted by Crippen LogP contribution is 2.26. The summed E-state index contributed by atoms with van der Waals surface area (Å²) in [5.41, 5.74) is 2.75. The average molecular weight is 427 g/mol. The van der Waals surface area contributed by atoms with E-state index in [9.17, 15) is 9.59 Å². The van der Waals surface area contributed by atoms with Crippen molar-refractivity contribution in [3.63, 3.8) is 0 Å². The van der Waals surface area contributed by atoms with E-state index < -0.39 is 0 Å². The van der Waals surface area contributed by atoms with E-state index >= 15 is 0 Å². The third kappa shape index (κ3) is 5.70. The van der Waals surface area contributed by atoms with E-state index in [4.69, 9.17) is 17.0 Å². The molecule has 3 rings (SSSR count). The Kier molecular flexibility index (Phi) is 7.24. The van der Waals surface area contributed by atoms with E-state index in [1.807, 2.05) is 60.4 Å². The minimum Gasteiger partial charge on any atom is -0.483 e.